The van der Waals surface area contributed by atoms with Gasteiger partial charge in [-0.3, -0.25) is 0 Å². The number of aryl methyl sites for hydroxylation is 1. The number of methoxy groups -OCH3 is 1. The first-order chi connectivity index (χ1) is 13.2. The van der Waals surface area contributed by atoms with Crippen molar-refractivity contribution >= 4 is 16.9 Å². The number of esters is 1. The summed E-state index contributed by atoms with van der Waals surface area (Å²) in [6, 6.07) is 7.45. The van der Waals surface area contributed by atoms with Crippen molar-refractivity contribution < 1.29 is 14.3 Å². The molecule has 1 saturated heterocycles. The van der Waals surface area contributed by atoms with Crippen molar-refractivity contribution in [2.24, 2.45) is 13.0 Å². The molecule has 2 aromatic heterocycles. The third-order valence-corrected chi connectivity index (χ3v) is 4.64. The van der Waals surface area contributed by atoms with Gasteiger partial charge in [-0.15, -0.1) is 0 Å². The van der Waals surface area contributed by atoms with Crippen LogP contribution in [0.2, 0.25) is 0 Å². The van der Waals surface area contributed by atoms with Crippen molar-refractivity contribution in [1.29, 1.82) is 0 Å². The van der Waals surface area contributed by atoms with Crippen LogP contribution >= 0.6 is 0 Å². The Bertz CT molecular complexity index is 1070. The molecule has 27 heavy (non-hydrogen) atoms. The maximum absolute atomic E-state index is 12.4. The van der Waals surface area contributed by atoms with E-state index in [1.807, 2.05) is 29.8 Å². The molecule has 0 radical (unpaired) electrons. The van der Waals surface area contributed by atoms with E-state index in [0.29, 0.717) is 23.4 Å². The molecule has 3 heterocycles. The number of aromatic nitrogens is 3. The highest BCUT2D eigenvalue weighted by atomic mass is 16.5. The zero-order chi connectivity index (χ0) is 18.8. The van der Waals surface area contributed by atoms with Gasteiger partial charge in [-0.05, 0) is 30.7 Å². The summed E-state index contributed by atoms with van der Waals surface area (Å²) in [6.07, 6.45) is 4.38. The molecular weight excluding hydrogens is 342 g/mol. The van der Waals surface area contributed by atoms with Crippen LogP contribution in [0.3, 0.4) is 0 Å². The molecule has 1 aromatic carbocycles. The second kappa shape index (κ2) is 7.22. The Balaban J connectivity index is 1.82. The number of pyridine rings is 1. The summed E-state index contributed by atoms with van der Waals surface area (Å²) in [5.74, 6) is 6.30. The Labute approximate surface area is 157 Å². The number of carbonyl (C=O) groups is 1. The van der Waals surface area contributed by atoms with Gasteiger partial charge in [0.25, 0.3) is 0 Å². The number of benzene rings is 1. The first kappa shape index (κ1) is 17.3. The molecule has 3 aromatic rings. The summed E-state index contributed by atoms with van der Waals surface area (Å²) in [7, 11) is 3.26. The van der Waals surface area contributed by atoms with Crippen LogP contribution in [0.5, 0.6) is 0 Å². The van der Waals surface area contributed by atoms with Crippen LogP contribution < -0.4 is 0 Å². The smallest absolute Gasteiger partial charge is 0.338 e. The molecule has 0 saturated carbocycles. The molecule has 136 valence electrons. The van der Waals surface area contributed by atoms with Gasteiger partial charge in [-0.1, -0.05) is 11.8 Å². The van der Waals surface area contributed by atoms with Crippen LogP contribution in [0.15, 0.2) is 36.8 Å². The Morgan fingerprint density at radius 2 is 2.26 bits per heavy atom. The molecule has 0 bridgehead atoms. The highest BCUT2D eigenvalue weighted by molar-refractivity contribution is 6.04. The largest absolute Gasteiger partial charge is 0.465 e. The molecule has 1 atom stereocenters. The summed E-state index contributed by atoms with van der Waals surface area (Å²) in [5.41, 5.74) is 3.52. The van der Waals surface area contributed by atoms with E-state index >= 15 is 0 Å². The summed E-state index contributed by atoms with van der Waals surface area (Å²) in [6.45, 7) is 1.45. The van der Waals surface area contributed by atoms with Gasteiger partial charge in [0.2, 0.25) is 0 Å². The predicted molar refractivity (Wildman–Crippen MR) is 101 cm³/mol. The van der Waals surface area contributed by atoms with Crippen LogP contribution in [0.1, 0.15) is 22.3 Å². The number of fused-ring (bicyclic) bond motifs is 1. The van der Waals surface area contributed by atoms with Crippen molar-refractivity contribution in [2.75, 3.05) is 20.3 Å². The molecule has 0 amide bonds. The third-order valence-electron chi connectivity index (χ3n) is 4.64. The number of rotatable bonds is 2. The Hall–Kier alpha value is -3.17. The number of carbonyl (C=O) groups excluding carboxylic acids is 1. The van der Waals surface area contributed by atoms with Gasteiger partial charge in [0, 0.05) is 30.5 Å². The first-order valence-corrected chi connectivity index (χ1v) is 8.75. The highest BCUT2D eigenvalue weighted by Crippen LogP contribution is 2.26. The average molecular weight is 361 g/mol. The Morgan fingerprint density at radius 3 is 2.96 bits per heavy atom. The van der Waals surface area contributed by atoms with Crippen LogP contribution in [0, 0.1) is 17.8 Å². The van der Waals surface area contributed by atoms with E-state index in [4.69, 9.17) is 14.5 Å². The molecule has 6 nitrogen and oxygen atoms in total. The standard InChI is InChI=1S/C21H19N3O3/c1-24-13-22-11-20(24)19-10-17(21(25)26-2)16-9-14(5-6-18(16)23-19)3-4-15-7-8-27-12-15/h5-6,9-11,13,15H,7-8,12H2,1-2H3. The fourth-order valence-corrected chi connectivity index (χ4v) is 3.15. The maximum atomic E-state index is 12.4. The fourth-order valence-electron chi connectivity index (χ4n) is 3.15. The molecule has 0 spiro atoms. The lowest BCUT2D eigenvalue weighted by Crippen LogP contribution is -2.05. The van der Waals surface area contributed by atoms with E-state index in [0.717, 1.165) is 29.7 Å². The average Bonchev–Trinajstić information content (AvgIpc) is 3.36. The van der Waals surface area contributed by atoms with E-state index in [-0.39, 0.29) is 5.92 Å². The lowest BCUT2D eigenvalue weighted by atomic mass is 10.0. The van der Waals surface area contributed by atoms with Crippen LogP contribution in [-0.2, 0) is 16.5 Å². The Kier molecular flexibility index (Phi) is 4.61. The summed E-state index contributed by atoms with van der Waals surface area (Å²) < 4.78 is 12.2. The van der Waals surface area contributed by atoms with E-state index in [9.17, 15) is 4.79 Å². The number of imidazole rings is 1. The number of hydrogen-bond donors (Lipinski definition) is 0. The maximum Gasteiger partial charge on any atom is 0.338 e. The van der Waals surface area contributed by atoms with E-state index in [1.165, 1.54) is 7.11 Å². The number of hydrogen-bond acceptors (Lipinski definition) is 5. The zero-order valence-corrected chi connectivity index (χ0v) is 15.2. The molecule has 0 aliphatic carbocycles. The predicted octanol–water partition coefficient (Wildman–Crippen LogP) is 2.81. The number of ether oxygens (including phenoxy) is 2. The van der Waals surface area contributed by atoms with Crippen molar-refractivity contribution in [3.8, 4) is 23.2 Å². The van der Waals surface area contributed by atoms with Gasteiger partial charge in [-0.25, -0.2) is 14.8 Å². The van der Waals surface area contributed by atoms with Crippen LogP contribution in [0.25, 0.3) is 22.3 Å². The fraction of sp³-hybridized carbons (Fsp3) is 0.286. The third kappa shape index (κ3) is 3.42. The van der Waals surface area contributed by atoms with Crippen molar-refractivity contribution in [1.82, 2.24) is 14.5 Å². The molecule has 1 fully saturated rings. The molecular formula is C21H19N3O3. The van der Waals surface area contributed by atoms with Crippen molar-refractivity contribution in [3.05, 3.63) is 47.9 Å². The topological polar surface area (TPSA) is 66.2 Å². The molecule has 1 unspecified atom stereocenters. The summed E-state index contributed by atoms with van der Waals surface area (Å²) in [5, 5.41) is 0.724. The van der Waals surface area contributed by atoms with Crippen LogP contribution in [0.4, 0.5) is 0 Å². The van der Waals surface area contributed by atoms with Gasteiger partial charge in [0.1, 0.15) is 0 Å². The van der Waals surface area contributed by atoms with Gasteiger partial charge in [0.05, 0.1) is 48.7 Å². The quantitative estimate of drug-likeness (QED) is 0.519. The van der Waals surface area contributed by atoms with Crippen LogP contribution in [-0.4, -0.2) is 40.8 Å². The molecule has 0 N–H and O–H groups in total. The second-order valence-corrected chi connectivity index (χ2v) is 6.50. The minimum absolute atomic E-state index is 0.270. The second-order valence-electron chi connectivity index (χ2n) is 6.50. The lowest BCUT2D eigenvalue weighted by Gasteiger charge is -2.09. The zero-order valence-electron chi connectivity index (χ0n) is 15.2. The van der Waals surface area contributed by atoms with E-state index in [1.54, 1.807) is 18.6 Å². The van der Waals surface area contributed by atoms with E-state index in [2.05, 4.69) is 16.8 Å². The van der Waals surface area contributed by atoms with Gasteiger partial charge in [0.15, 0.2) is 0 Å². The lowest BCUT2D eigenvalue weighted by molar-refractivity contribution is 0.0603. The van der Waals surface area contributed by atoms with Crippen molar-refractivity contribution in [2.45, 2.75) is 6.42 Å². The summed E-state index contributed by atoms with van der Waals surface area (Å²) in [4.78, 5) is 21.2. The highest BCUT2D eigenvalue weighted by Gasteiger charge is 2.16. The minimum Gasteiger partial charge on any atom is -0.465 e. The Morgan fingerprint density at radius 1 is 1.37 bits per heavy atom. The monoisotopic (exact) mass is 361 g/mol. The molecule has 4 rings (SSSR count). The van der Waals surface area contributed by atoms with E-state index < -0.39 is 5.97 Å². The van der Waals surface area contributed by atoms with Crippen molar-refractivity contribution in [3.63, 3.8) is 0 Å². The SMILES string of the molecule is COC(=O)c1cc(-c2cncn2C)nc2ccc(C#CC3CCOC3)cc12. The molecule has 1 aliphatic heterocycles. The normalized spacial score (nSPS) is 16.1. The van der Waals surface area contributed by atoms with Gasteiger partial charge in [-0.2, -0.15) is 0 Å². The summed E-state index contributed by atoms with van der Waals surface area (Å²) >= 11 is 0. The molecule has 1 aliphatic rings. The first-order valence-electron chi connectivity index (χ1n) is 8.75. The number of nitrogens with zero attached hydrogens (tertiary/aromatic N) is 3. The van der Waals surface area contributed by atoms with Gasteiger partial charge >= 0.3 is 5.97 Å². The minimum atomic E-state index is -0.403. The van der Waals surface area contributed by atoms with Gasteiger partial charge < -0.3 is 14.0 Å². The molecule has 6 heteroatoms.